The topological polar surface area (TPSA) is 74.5 Å². The van der Waals surface area contributed by atoms with Crippen molar-refractivity contribution in [2.24, 2.45) is 0 Å². The zero-order valence-corrected chi connectivity index (χ0v) is 16.5. The van der Waals surface area contributed by atoms with E-state index in [4.69, 9.17) is 20.6 Å². The lowest BCUT2D eigenvalue weighted by atomic mass is 9.95. The molecule has 5 rings (SSSR count). The molecular weight excluding hydrogens is 377 g/mol. The fourth-order valence-corrected chi connectivity index (χ4v) is 4.60. The Morgan fingerprint density at radius 2 is 1.93 bits per heavy atom. The van der Waals surface area contributed by atoms with E-state index in [0.29, 0.717) is 11.2 Å². The Labute approximate surface area is 168 Å². The number of imidazole rings is 1. The van der Waals surface area contributed by atoms with Crippen LogP contribution >= 0.6 is 0 Å². The molecule has 1 aliphatic carbocycles. The van der Waals surface area contributed by atoms with E-state index in [9.17, 15) is 0 Å². The van der Waals surface area contributed by atoms with Crippen molar-refractivity contribution < 1.29 is 18.7 Å². The van der Waals surface area contributed by atoms with Gasteiger partial charge < -0.3 is 14.2 Å². The monoisotopic (exact) mass is 401 g/mol. The smallest absolute Gasteiger partial charge is 0.189 e. The fraction of sp³-hybridized carbons (Fsp3) is 0.650. The van der Waals surface area contributed by atoms with E-state index in [1.165, 1.54) is 6.33 Å². The molecule has 0 spiro atoms. The molecule has 0 radical (unpaired) electrons. The standard InChI is InChI=1S/C20H24FN5O3/c1-4-13-15-16(29-20(2,3)28-15)19(27-13)25-11-24-14-17(25)22-10-23-18(14)26(21)12-8-6-5-7-9-12/h1,10-13,15-16,19H,5-9H2,2-3H3. The van der Waals surface area contributed by atoms with Gasteiger partial charge in [0.1, 0.15) is 24.6 Å². The first-order chi connectivity index (χ1) is 14.0. The van der Waals surface area contributed by atoms with Crippen molar-refractivity contribution in [2.45, 2.75) is 82.3 Å². The van der Waals surface area contributed by atoms with Crippen LogP contribution in [0.25, 0.3) is 11.2 Å². The van der Waals surface area contributed by atoms with Gasteiger partial charge in [-0.1, -0.05) is 29.7 Å². The number of anilines is 1. The van der Waals surface area contributed by atoms with Crippen LogP contribution in [0, 0.1) is 12.3 Å². The number of ether oxygens (including phenoxy) is 3. The molecule has 4 unspecified atom stereocenters. The third-order valence-electron chi connectivity index (χ3n) is 5.90. The van der Waals surface area contributed by atoms with Crippen molar-refractivity contribution in [1.82, 2.24) is 19.5 Å². The van der Waals surface area contributed by atoms with E-state index >= 15 is 4.48 Å². The molecule has 3 aliphatic rings. The highest BCUT2D eigenvalue weighted by molar-refractivity contribution is 5.83. The van der Waals surface area contributed by atoms with Gasteiger partial charge in [0.15, 0.2) is 29.0 Å². The predicted octanol–water partition coefficient (Wildman–Crippen LogP) is 2.90. The van der Waals surface area contributed by atoms with Crippen LogP contribution in [0.2, 0.25) is 0 Å². The van der Waals surface area contributed by atoms with Gasteiger partial charge in [0, 0.05) is 0 Å². The molecule has 0 N–H and O–H groups in total. The zero-order chi connectivity index (χ0) is 20.2. The lowest BCUT2D eigenvalue weighted by Gasteiger charge is -2.27. The minimum atomic E-state index is -0.764. The maximum absolute atomic E-state index is 15.2. The van der Waals surface area contributed by atoms with Gasteiger partial charge in [0.2, 0.25) is 0 Å². The number of hydrogen-bond donors (Lipinski definition) is 0. The second-order valence-corrected chi connectivity index (χ2v) is 8.30. The first-order valence-electron chi connectivity index (χ1n) is 10.1. The van der Waals surface area contributed by atoms with Gasteiger partial charge in [-0.25, -0.2) is 15.0 Å². The fourth-order valence-electron chi connectivity index (χ4n) is 4.60. The van der Waals surface area contributed by atoms with Crippen molar-refractivity contribution in [3.63, 3.8) is 0 Å². The normalized spacial score (nSPS) is 31.7. The molecule has 3 fully saturated rings. The van der Waals surface area contributed by atoms with Crippen LogP contribution in [0.15, 0.2) is 12.7 Å². The van der Waals surface area contributed by atoms with Crippen molar-refractivity contribution >= 4 is 17.0 Å². The van der Waals surface area contributed by atoms with E-state index in [-0.39, 0.29) is 11.9 Å². The Kier molecular flexibility index (Phi) is 4.46. The van der Waals surface area contributed by atoms with E-state index in [1.807, 2.05) is 13.8 Å². The number of rotatable bonds is 3. The number of hydrogen-bond acceptors (Lipinski definition) is 7. The number of halogens is 1. The molecule has 2 aliphatic heterocycles. The summed E-state index contributed by atoms with van der Waals surface area (Å²) in [6.45, 7) is 3.68. The highest BCUT2D eigenvalue weighted by Crippen LogP contribution is 2.44. The van der Waals surface area contributed by atoms with Crippen LogP contribution in [0.4, 0.5) is 10.3 Å². The average Bonchev–Trinajstić information content (AvgIpc) is 3.38. The van der Waals surface area contributed by atoms with Crippen LogP contribution in [-0.2, 0) is 14.2 Å². The highest BCUT2D eigenvalue weighted by Gasteiger charge is 2.55. The molecule has 154 valence electrons. The van der Waals surface area contributed by atoms with Crippen molar-refractivity contribution in [2.75, 3.05) is 5.12 Å². The molecule has 2 saturated heterocycles. The molecule has 0 bridgehead atoms. The van der Waals surface area contributed by atoms with Crippen LogP contribution in [0.3, 0.4) is 0 Å². The SMILES string of the molecule is C#CC1OC(n2cnc3c(N(F)C4CCCCC4)ncnc32)C2OC(C)(C)OC12. The van der Waals surface area contributed by atoms with E-state index in [1.54, 1.807) is 10.9 Å². The molecule has 0 aromatic carbocycles. The highest BCUT2D eigenvalue weighted by atomic mass is 19.2. The van der Waals surface area contributed by atoms with Gasteiger partial charge in [-0.3, -0.25) is 4.57 Å². The first kappa shape index (κ1) is 18.7. The Hall–Kier alpha value is -2.28. The summed E-state index contributed by atoms with van der Waals surface area (Å²) in [7, 11) is 0. The largest absolute Gasteiger partial charge is 0.341 e. The maximum atomic E-state index is 15.2. The third kappa shape index (κ3) is 3.06. The Bertz CT molecular complexity index is 951. The zero-order valence-electron chi connectivity index (χ0n) is 16.5. The molecule has 1 saturated carbocycles. The summed E-state index contributed by atoms with van der Waals surface area (Å²) in [6, 6.07) is -0.183. The molecule has 9 heteroatoms. The van der Waals surface area contributed by atoms with Gasteiger partial charge >= 0.3 is 0 Å². The Morgan fingerprint density at radius 3 is 2.69 bits per heavy atom. The molecule has 2 aromatic rings. The number of fused-ring (bicyclic) bond motifs is 2. The summed E-state index contributed by atoms with van der Waals surface area (Å²) in [6.07, 6.45) is 11.4. The molecule has 4 atom stereocenters. The molecule has 29 heavy (non-hydrogen) atoms. The minimum absolute atomic E-state index is 0.183. The van der Waals surface area contributed by atoms with Gasteiger partial charge in [-0.05, 0) is 26.7 Å². The van der Waals surface area contributed by atoms with Crippen LogP contribution in [-0.4, -0.2) is 49.7 Å². The Morgan fingerprint density at radius 1 is 1.17 bits per heavy atom. The van der Waals surface area contributed by atoms with Gasteiger partial charge in [-0.2, -0.15) is 5.12 Å². The van der Waals surface area contributed by atoms with E-state index in [2.05, 4.69) is 20.9 Å². The van der Waals surface area contributed by atoms with Gasteiger partial charge in [0.05, 0.1) is 12.4 Å². The van der Waals surface area contributed by atoms with Crippen LogP contribution in [0.1, 0.15) is 52.2 Å². The van der Waals surface area contributed by atoms with Crippen LogP contribution in [0.5, 0.6) is 0 Å². The van der Waals surface area contributed by atoms with Crippen molar-refractivity contribution in [3.05, 3.63) is 12.7 Å². The van der Waals surface area contributed by atoms with E-state index < -0.39 is 30.3 Å². The minimum Gasteiger partial charge on any atom is -0.341 e. The van der Waals surface area contributed by atoms with Crippen LogP contribution < -0.4 is 5.12 Å². The van der Waals surface area contributed by atoms with E-state index in [0.717, 1.165) is 37.2 Å². The molecule has 0 amide bonds. The number of terminal acetylenes is 1. The third-order valence-corrected chi connectivity index (χ3v) is 5.90. The second-order valence-electron chi connectivity index (χ2n) is 8.30. The van der Waals surface area contributed by atoms with Gasteiger partial charge in [-0.15, -0.1) is 6.42 Å². The number of nitrogens with zero attached hydrogens (tertiary/aromatic N) is 5. The summed E-state index contributed by atoms with van der Waals surface area (Å²) in [4.78, 5) is 12.9. The first-order valence-corrected chi connectivity index (χ1v) is 10.1. The molecule has 8 nitrogen and oxygen atoms in total. The van der Waals surface area contributed by atoms with Gasteiger partial charge in [0.25, 0.3) is 0 Å². The van der Waals surface area contributed by atoms with Crippen molar-refractivity contribution in [3.8, 4) is 12.3 Å². The summed E-state index contributed by atoms with van der Waals surface area (Å²) < 4.78 is 34.9. The lowest BCUT2D eigenvalue weighted by Crippen LogP contribution is -2.31. The maximum Gasteiger partial charge on any atom is 0.189 e. The quantitative estimate of drug-likeness (QED) is 0.578. The summed E-state index contributed by atoms with van der Waals surface area (Å²) in [5.74, 6) is 2.05. The molecule has 2 aromatic heterocycles. The molecule has 4 heterocycles. The molecular formula is C20H24FN5O3. The summed E-state index contributed by atoms with van der Waals surface area (Å²) in [5, 5.41) is 0.751. The van der Waals surface area contributed by atoms with Crippen molar-refractivity contribution in [1.29, 1.82) is 0 Å². The lowest BCUT2D eigenvalue weighted by molar-refractivity contribution is -0.190. The summed E-state index contributed by atoms with van der Waals surface area (Å²) in [5.41, 5.74) is 0.867. The Balaban J connectivity index is 1.50. The predicted molar refractivity (Wildman–Crippen MR) is 102 cm³/mol. The number of aromatic nitrogens is 4. The average molecular weight is 401 g/mol. The second kappa shape index (κ2) is 6.90. The summed E-state index contributed by atoms with van der Waals surface area (Å²) >= 11 is 0.